The molecule has 0 radical (unpaired) electrons. The number of carbonyl (C=O) groups is 1. The summed E-state index contributed by atoms with van der Waals surface area (Å²) in [6.07, 6.45) is 0. The molecule has 2 N–H and O–H groups in total. The molecule has 112 valence electrons. The highest BCUT2D eigenvalue weighted by Gasteiger charge is 2.28. The van der Waals surface area contributed by atoms with Crippen molar-refractivity contribution in [2.45, 2.75) is 31.7 Å². The topological polar surface area (TPSA) is 92.7 Å². The molecule has 1 aromatic carbocycles. The van der Waals surface area contributed by atoms with Crippen LogP contribution in [-0.4, -0.2) is 32.1 Å². The molecule has 1 rings (SSSR count). The van der Waals surface area contributed by atoms with Crippen molar-refractivity contribution >= 4 is 16.0 Å². The number of hydrogen-bond donors (Lipinski definition) is 2. The van der Waals surface area contributed by atoms with Gasteiger partial charge in [0.25, 0.3) is 0 Å². The fourth-order valence-corrected chi connectivity index (χ4v) is 2.98. The monoisotopic (exact) mass is 301 g/mol. The lowest BCUT2D eigenvalue weighted by molar-refractivity contribution is -0.140. The number of ether oxygens (including phenoxy) is 1. The van der Waals surface area contributed by atoms with E-state index >= 15 is 0 Å². The molecule has 0 aliphatic heterocycles. The lowest BCUT2D eigenvalue weighted by atomic mass is 10.1. The Bertz CT molecular complexity index is 568. The molecule has 1 aromatic rings. The Kier molecular flexibility index (Phi) is 5.52. The zero-order valence-corrected chi connectivity index (χ0v) is 12.5. The van der Waals surface area contributed by atoms with E-state index < -0.39 is 22.0 Å². The smallest absolute Gasteiger partial charge is 0.322 e. The first-order valence-electron chi connectivity index (χ1n) is 6.26. The average Bonchev–Trinajstić information content (AvgIpc) is 2.36. The molecule has 0 spiro atoms. The van der Waals surface area contributed by atoms with Gasteiger partial charge < -0.3 is 9.84 Å². The van der Waals surface area contributed by atoms with Crippen molar-refractivity contribution in [3.8, 4) is 5.75 Å². The molecular formula is C13H19NO5S. The van der Waals surface area contributed by atoms with Crippen molar-refractivity contribution in [3.63, 3.8) is 0 Å². The van der Waals surface area contributed by atoms with Crippen LogP contribution in [0.4, 0.5) is 0 Å². The van der Waals surface area contributed by atoms with E-state index in [1.54, 1.807) is 32.9 Å². The summed E-state index contributed by atoms with van der Waals surface area (Å²) in [6, 6.07) is 4.77. The van der Waals surface area contributed by atoms with Crippen LogP contribution in [0.3, 0.4) is 0 Å². The molecule has 1 atom stereocenters. The fraction of sp³-hybridized carbons (Fsp3) is 0.462. The number of carboxylic acids is 1. The minimum atomic E-state index is -3.90. The maximum absolute atomic E-state index is 12.2. The van der Waals surface area contributed by atoms with Gasteiger partial charge in [0.15, 0.2) is 0 Å². The summed E-state index contributed by atoms with van der Waals surface area (Å²) in [7, 11) is -3.90. The van der Waals surface area contributed by atoms with E-state index in [4.69, 9.17) is 9.84 Å². The molecule has 20 heavy (non-hydrogen) atoms. The Labute approximate surface area is 118 Å². The minimum Gasteiger partial charge on any atom is -0.494 e. The van der Waals surface area contributed by atoms with Crippen molar-refractivity contribution in [2.75, 3.05) is 6.61 Å². The highest BCUT2D eigenvalue weighted by molar-refractivity contribution is 7.89. The maximum Gasteiger partial charge on any atom is 0.322 e. The third kappa shape index (κ3) is 4.21. The first-order valence-corrected chi connectivity index (χ1v) is 7.74. The van der Waals surface area contributed by atoms with Crippen molar-refractivity contribution < 1.29 is 23.1 Å². The zero-order chi connectivity index (χ0) is 15.3. The van der Waals surface area contributed by atoms with Crippen molar-refractivity contribution in [2.24, 2.45) is 5.92 Å². The molecule has 0 aromatic heterocycles. The third-order valence-electron chi connectivity index (χ3n) is 2.64. The summed E-state index contributed by atoms with van der Waals surface area (Å²) in [5, 5.41) is 9.04. The van der Waals surface area contributed by atoms with Gasteiger partial charge in [-0.25, -0.2) is 8.42 Å². The van der Waals surface area contributed by atoms with Gasteiger partial charge in [-0.2, -0.15) is 4.72 Å². The van der Waals surface area contributed by atoms with E-state index in [2.05, 4.69) is 4.72 Å². The predicted octanol–water partition coefficient (Wildman–Crippen LogP) is 1.47. The lowest BCUT2D eigenvalue weighted by Crippen LogP contribution is -2.44. The Balaban J connectivity index is 3.04. The number of hydrogen-bond acceptors (Lipinski definition) is 4. The van der Waals surface area contributed by atoms with Crippen LogP contribution in [0.1, 0.15) is 20.8 Å². The van der Waals surface area contributed by atoms with Crippen LogP contribution in [0.15, 0.2) is 29.2 Å². The Morgan fingerprint density at radius 1 is 1.40 bits per heavy atom. The fourth-order valence-electron chi connectivity index (χ4n) is 1.60. The summed E-state index contributed by atoms with van der Waals surface area (Å²) in [4.78, 5) is 11.0. The Hall–Kier alpha value is -1.60. The van der Waals surface area contributed by atoms with Gasteiger partial charge in [0.1, 0.15) is 11.8 Å². The normalized spacial score (nSPS) is 13.2. The molecule has 7 heteroatoms. The Morgan fingerprint density at radius 2 is 2.05 bits per heavy atom. The summed E-state index contributed by atoms with van der Waals surface area (Å²) in [5.41, 5.74) is 0. The van der Waals surface area contributed by atoms with Gasteiger partial charge in [-0.05, 0) is 25.0 Å². The van der Waals surface area contributed by atoms with Crippen LogP contribution >= 0.6 is 0 Å². The molecule has 0 amide bonds. The second-order valence-corrected chi connectivity index (χ2v) is 6.30. The predicted molar refractivity (Wildman–Crippen MR) is 74.2 cm³/mol. The van der Waals surface area contributed by atoms with Gasteiger partial charge in [-0.1, -0.05) is 19.9 Å². The van der Waals surface area contributed by atoms with Gasteiger partial charge in [0, 0.05) is 6.07 Å². The van der Waals surface area contributed by atoms with Crippen molar-refractivity contribution in [1.29, 1.82) is 0 Å². The number of aliphatic carboxylic acids is 1. The molecule has 0 heterocycles. The molecule has 0 bridgehead atoms. The first-order chi connectivity index (χ1) is 9.27. The van der Waals surface area contributed by atoms with E-state index in [1.165, 1.54) is 12.1 Å². The minimum absolute atomic E-state index is 0.0182. The summed E-state index contributed by atoms with van der Waals surface area (Å²) >= 11 is 0. The SMILES string of the molecule is CCOc1cccc(S(=O)(=O)NC(C(=O)O)C(C)C)c1. The van der Waals surface area contributed by atoms with Gasteiger partial charge in [0.2, 0.25) is 10.0 Å². The molecule has 0 saturated carbocycles. The second-order valence-electron chi connectivity index (χ2n) is 4.59. The van der Waals surface area contributed by atoms with Crippen LogP contribution < -0.4 is 9.46 Å². The Morgan fingerprint density at radius 3 is 2.55 bits per heavy atom. The van der Waals surface area contributed by atoms with Gasteiger partial charge in [-0.3, -0.25) is 4.79 Å². The summed E-state index contributed by atoms with van der Waals surface area (Å²) in [5.74, 6) is -1.14. The van der Waals surface area contributed by atoms with Crippen LogP contribution in [0.2, 0.25) is 0 Å². The van der Waals surface area contributed by atoms with E-state index in [0.29, 0.717) is 12.4 Å². The average molecular weight is 301 g/mol. The standard InChI is InChI=1S/C13H19NO5S/c1-4-19-10-6-5-7-11(8-10)20(17,18)14-12(9(2)3)13(15)16/h5-9,12,14H,4H2,1-3H3,(H,15,16). The van der Waals surface area contributed by atoms with Crippen LogP contribution in [0.25, 0.3) is 0 Å². The van der Waals surface area contributed by atoms with Crippen molar-refractivity contribution in [3.05, 3.63) is 24.3 Å². The highest BCUT2D eigenvalue weighted by Crippen LogP contribution is 2.18. The first kappa shape index (κ1) is 16.5. The quantitative estimate of drug-likeness (QED) is 0.795. The molecule has 6 nitrogen and oxygen atoms in total. The molecule has 0 aliphatic rings. The zero-order valence-electron chi connectivity index (χ0n) is 11.7. The molecule has 0 aliphatic carbocycles. The van der Waals surface area contributed by atoms with E-state index in [1.807, 2.05) is 0 Å². The van der Waals surface area contributed by atoms with E-state index in [0.717, 1.165) is 0 Å². The van der Waals surface area contributed by atoms with Gasteiger partial charge >= 0.3 is 5.97 Å². The van der Waals surface area contributed by atoms with Crippen LogP contribution in [0.5, 0.6) is 5.75 Å². The molecular weight excluding hydrogens is 282 g/mol. The third-order valence-corrected chi connectivity index (χ3v) is 4.08. The van der Waals surface area contributed by atoms with Gasteiger partial charge in [-0.15, -0.1) is 0 Å². The number of sulfonamides is 1. The highest BCUT2D eigenvalue weighted by atomic mass is 32.2. The van der Waals surface area contributed by atoms with Crippen LogP contribution in [0, 0.1) is 5.92 Å². The summed E-state index contributed by atoms with van der Waals surface area (Å²) < 4.78 is 31.8. The van der Waals surface area contributed by atoms with E-state index in [-0.39, 0.29) is 10.8 Å². The number of benzene rings is 1. The van der Waals surface area contributed by atoms with E-state index in [9.17, 15) is 13.2 Å². The molecule has 1 unspecified atom stereocenters. The lowest BCUT2D eigenvalue weighted by Gasteiger charge is -2.18. The van der Waals surface area contributed by atoms with Crippen LogP contribution in [-0.2, 0) is 14.8 Å². The number of carboxylic acid groups (broad SMARTS) is 1. The second kappa shape index (κ2) is 6.71. The largest absolute Gasteiger partial charge is 0.494 e. The molecule has 0 saturated heterocycles. The van der Waals surface area contributed by atoms with Crippen molar-refractivity contribution in [1.82, 2.24) is 4.72 Å². The molecule has 0 fully saturated rings. The maximum atomic E-state index is 12.2. The number of nitrogens with one attached hydrogen (secondary N) is 1. The summed E-state index contributed by atoms with van der Waals surface area (Å²) in [6.45, 7) is 5.48. The van der Waals surface area contributed by atoms with Gasteiger partial charge in [0.05, 0.1) is 11.5 Å². The number of rotatable bonds is 7.